The summed E-state index contributed by atoms with van der Waals surface area (Å²) in [6.07, 6.45) is 4.09. The first-order valence-corrected chi connectivity index (χ1v) is 5.78. The summed E-state index contributed by atoms with van der Waals surface area (Å²) >= 11 is 0. The lowest BCUT2D eigenvalue weighted by atomic mass is 10.1. The van der Waals surface area contributed by atoms with Gasteiger partial charge in [0.25, 0.3) is 0 Å². The van der Waals surface area contributed by atoms with Gasteiger partial charge in [-0.2, -0.15) is 0 Å². The van der Waals surface area contributed by atoms with Crippen LogP contribution >= 0.6 is 0 Å². The topological polar surface area (TPSA) is 60.8 Å². The van der Waals surface area contributed by atoms with Crippen LogP contribution in [0.25, 0.3) is 0 Å². The highest BCUT2D eigenvalue weighted by atomic mass is 16.4. The van der Waals surface area contributed by atoms with Gasteiger partial charge in [0.05, 0.1) is 6.61 Å². The van der Waals surface area contributed by atoms with Gasteiger partial charge in [0.15, 0.2) is 0 Å². The van der Waals surface area contributed by atoms with E-state index in [2.05, 4.69) is 6.92 Å². The van der Waals surface area contributed by atoms with Gasteiger partial charge in [0, 0.05) is 6.54 Å². The number of nitrogens with zero attached hydrogens (tertiary/aromatic N) is 1. The molecule has 1 fully saturated rings. The van der Waals surface area contributed by atoms with Crippen LogP contribution < -0.4 is 0 Å². The normalized spacial score (nSPS) is 18.1. The summed E-state index contributed by atoms with van der Waals surface area (Å²) in [7, 11) is 0. The quantitative estimate of drug-likeness (QED) is 0.632. The first-order valence-electron chi connectivity index (χ1n) is 5.78. The largest absolute Gasteiger partial charge is 0.480 e. The molecule has 2 N–H and O–H groups in total. The van der Waals surface area contributed by atoms with E-state index in [1.54, 1.807) is 0 Å². The predicted molar refractivity (Wildman–Crippen MR) is 57.7 cm³/mol. The third kappa shape index (κ3) is 3.80. The molecule has 4 heteroatoms. The van der Waals surface area contributed by atoms with Crippen molar-refractivity contribution in [3.8, 4) is 0 Å². The minimum Gasteiger partial charge on any atom is -0.480 e. The van der Waals surface area contributed by atoms with Crippen molar-refractivity contribution in [2.45, 2.75) is 38.6 Å². The molecule has 0 amide bonds. The van der Waals surface area contributed by atoms with E-state index in [1.165, 1.54) is 0 Å². The number of unbranched alkanes of at least 4 members (excludes halogenated alkanes) is 1. The lowest BCUT2D eigenvalue weighted by molar-refractivity contribution is -0.144. The van der Waals surface area contributed by atoms with Crippen molar-refractivity contribution in [2.75, 3.05) is 19.7 Å². The van der Waals surface area contributed by atoms with Crippen molar-refractivity contribution in [3.63, 3.8) is 0 Å². The van der Waals surface area contributed by atoms with E-state index in [-0.39, 0.29) is 12.6 Å². The molecule has 0 radical (unpaired) electrons. The maximum absolute atomic E-state index is 11.1. The Kier molecular flexibility index (Phi) is 5.05. The standard InChI is InChI=1S/C11H21NO3/c1-2-3-6-12(7-8-13)10(11(14)15)9-4-5-9/h9-10,13H,2-8H2,1H3,(H,14,15). The Morgan fingerprint density at radius 1 is 1.47 bits per heavy atom. The first-order chi connectivity index (χ1) is 7.20. The molecule has 1 saturated carbocycles. The number of aliphatic carboxylic acids is 1. The molecule has 0 aromatic heterocycles. The molecule has 0 aliphatic heterocycles. The Hall–Kier alpha value is -0.610. The van der Waals surface area contributed by atoms with Crippen molar-refractivity contribution in [3.05, 3.63) is 0 Å². The fourth-order valence-corrected chi connectivity index (χ4v) is 1.95. The summed E-state index contributed by atoms with van der Waals surface area (Å²) in [5, 5.41) is 18.1. The van der Waals surface area contributed by atoms with Crippen LogP contribution in [0, 0.1) is 5.92 Å². The number of carbonyl (C=O) groups is 1. The lowest BCUT2D eigenvalue weighted by Gasteiger charge is -2.28. The molecular formula is C11H21NO3. The van der Waals surface area contributed by atoms with Crippen molar-refractivity contribution >= 4 is 5.97 Å². The summed E-state index contributed by atoms with van der Waals surface area (Å²) in [5.74, 6) is -0.423. The second kappa shape index (κ2) is 6.08. The number of carboxylic acids is 1. The van der Waals surface area contributed by atoms with Crippen LogP contribution in [0.4, 0.5) is 0 Å². The number of hydrogen-bond donors (Lipinski definition) is 2. The van der Waals surface area contributed by atoms with Gasteiger partial charge in [-0.25, -0.2) is 0 Å². The number of rotatable bonds is 8. The van der Waals surface area contributed by atoms with E-state index < -0.39 is 5.97 Å². The van der Waals surface area contributed by atoms with Crippen LogP contribution in [0.1, 0.15) is 32.6 Å². The summed E-state index contributed by atoms with van der Waals surface area (Å²) in [6.45, 7) is 3.39. The second-order valence-electron chi connectivity index (χ2n) is 4.23. The highest BCUT2D eigenvalue weighted by Gasteiger charge is 2.39. The van der Waals surface area contributed by atoms with Crippen LogP contribution in [0.2, 0.25) is 0 Å². The van der Waals surface area contributed by atoms with Gasteiger partial charge < -0.3 is 10.2 Å². The number of carboxylic acid groups (broad SMARTS) is 1. The van der Waals surface area contributed by atoms with E-state index in [1.807, 2.05) is 4.90 Å². The monoisotopic (exact) mass is 215 g/mol. The SMILES string of the molecule is CCCCN(CCO)C(C(=O)O)C1CC1. The summed E-state index contributed by atoms with van der Waals surface area (Å²) in [5.41, 5.74) is 0. The Morgan fingerprint density at radius 2 is 2.13 bits per heavy atom. The van der Waals surface area contributed by atoms with Crippen molar-refractivity contribution in [1.29, 1.82) is 0 Å². The first kappa shape index (κ1) is 12.5. The van der Waals surface area contributed by atoms with Gasteiger partial charge in [-0.3, -0.25) is 9.69 Å². The third-order valence-corrected chi connectivity index (χ3v) is 2.90. The van der Waals surface area contributed by atoms with Crippen LogP contribution in [0.5, 0.6) is 0 Å². The Balaban J connectivity index is 2.52. The zero-order valence-electron chi connectivity index (χ0n) is 9.35. The minimum atomic E-state index is -0.734. The molecule has 1 rings (SSSR count). The summed E-state index contributed by atoms with van der Waals surface area (Å²) in [4.78, 5) is 13.1. The maximum Gasteiger partial charge on any atom is 0.321 e. The third-order valence-electron chi connectivity index (χ3n) is 2.90. The molecule has 0 saturated heterocycles. The molecule has 1 atom stereocenters. The van der Waals surface area contributed by atoms with Gasteiger partial charge in [0.2, 0.25) is 0 Å². The van der Waals surface area contributed by atoms with Crippen LogP contribution in [0.15, 0.2) is 0 Å². The summed E-state index contributed by atoms with van der Waals surface area (Å²) < 4.78 is 0. The molecule has 0 aromatic carbocycles. The van der Waals surface area contributed by atoms with Crippen molar-refractivity contribution in [1.82, 2.24) is 4.90 Å². The van der Waals surface area contributed by atoms with E-state index in [4.69, 9.17) is 10.2 Å². The van der Waals surface area contributed by atoms with Gasteiger partial charge in [-0.1, -0.05) is 13.3 Å². The number of aliphatic hydroxyl groups excluding tert-OH is 1. The maximum atomic E-state index is 11.1. The van der Waals surface area contributed by atoms with Gasteiger partial charge in [-0.15, -0.1) is 0 Å². The van der Waals surface area contributed by atoms with Gasteiger partial charge >= 0.3 is 5.97 Å². The average molecular weight is 215 g/mol. The van der Waals surface area contributed by atoms with Crippen molar-refractivity contribution < 1.29 is 15.0 Å². The van der Waals surface area contributed by atoms with Gasteiger partial charge in [0.1, 0.15) is 6.04 Å². The fraction of sp³-hybridized carbons (Fsp3) is 0.909. The Bertz CT molecular complexity index is 204. The Morgan fingerprint density at radius 3 is 2.53 bits per heavy atom. The van der Waals surface area contributed by atoms with Gasteiger partial charge in [-0.05, 0) is 31.7 Å². The number of hydrogen-bond acceptors (Lipinski definition) is 3. The van der Waals surface area contributed by atoms with E-state index in [9.17, 15) is 4.79 Å². The van der Waals surface area contributed by atoms with Crippen LogP contribution in [-0.2, 0) is 4.79 Å². The Labute approximate surface area is 90.9 Å². The molecule has 0 heterocycles. The second-order valence-corrected chi connectivity index (χ2v) is 4.23. The predicted octanol–water partition coefficient (Wildman–Crippen LogP) is 0.944. The van der Waals surface area contributed by atoms with Crippen LogP contribution in [0.3, 0.4) is 0 Å². The van der Waals surface area contributed by atoms with E-state index in [0.29, 0.717) is 12.5 Å². The molecule has 15 heavy (non-hydrogen) atoms. The average Bonchev–Trinajstić information content (AvgIpc) is 2.98. The molecule has 1 unspecified atom stereocenters. The highest BCUT2D eigenvalue weighted by molar-refractivity contribution is 5.74. The molecule has 4 nitrogen and oxygen atoms in total. The molecule has 1 aliphatic rings. The summed E-state index contributed by atoms with van der Waals surface area (Å²) in [6, 6.07) is -0.372. The number of aliphatic hydroxyl groups is 1. The molecule has 1 aliphatic carbocycles. The zero-order valence-corrected chi connectivity index (χ0v) is 9.35. The van der Waals surface area contributed by atoms with E-state index in [0.717, 1.165) is 32.2 Å². The van der Waals surface area contributed by atoms with E-state index >= 15 is 0 Å². The molecule has 0 bridgehead atoms. The highest BCUT2D eigenvalue weighted by Crippen LogP contribution is 2.35. The molecular weight excluding hydrogens is 194 g/mol. The minimum absolute atomic E-state index is 0.0419. The van der Waals surface area contributed by atoms with Crippen LogP contribution in [-0.4, -0.2) is 46.8 Å². The lowest BCUT2D eigenvalue weighted by Crippen LogP contribution is -2.44. The molecule has 0 spiro atoms. The zero-order chi connectivity index (χ0) is 11.3. The molecule has 0 aromatic rings. The fourth-order valence-electron chi connectivity index (χ4n) is 1.95. The van der Waals surface area contributed by atoms with Crippen molar-refractivity contribution in [2.24, 2.45) is 5.92 Å². The molecule has 88 valence electrons. The smallest absolute Gasteiger partial charge is 0.321 e.